The van der Waals surface area contributed by atoms with Crippen LogP contribution in [0.3, 0.4) is 0 Å². The minimum atomic E-state index is -2.61. The molecular weight excluding hydrogens is 504 g/mol. The SMILES string of the molecule is CNC[C@@H](O)COc1ccc(Cl)c(-c2nc(/C(C(C)=N)=C(\C)O)c(C)c(N3CC4(C3)CC(F)(F)C4)n2)c1. The van der Waals surface area contributed by atoms with Crippen LogP contribution in [0, 0.1) is 17.7 Å². The third kappa shape index (κ3) is 5.56. The topological polar surface area (TPSA) is 115 Å². The molecule has 2 aliphatic rings. The van der Waals surface area contributed by atoms with Crippen LogP contribution in [0.5, 0.6) is 5.75 Å². The highest BCUT2D eigenvalue weighted by Crippen LogP contribution is 2.57. The van der Waals surface area contributed by atoms with E-state index in [4.69, 9.17) is 31.7 Å². The van der Waals surface area contributed by atoms with Gasteiger partial charge in [-0.25, -0.2) is 18.7 Å². The number of nitrogens with zero attached hydrogens (tertiary/aromatic N) is 3. The maximum absolute atomic E-state index is 13.6. The van der Waals surface area contributed by atoms with E-state index < -0.39 is 17.4 Å². The van der Waals surface area contributed by atoms with E-state index in [0.717, 1.165) is 0 Å². The molecular formula is C26H32ClF2N5O3. The lowest BCUT2D eigenvalue weighted by Gasteiger charge is -2.59. The Morgan fingerprint density at radius 1 is 1.27 bits per heavy atom. The van der Waals surface area contributed by atoms with Crippen molar-refractivity contribution in [1.82, 2.24) is 15.3 Å². The van der Waals surface area contributed by atoms with E-state index in [2.05, 4.69) is 5.32 Å². The zero-order valence-electron chi connectivity index (χ0n) is 21.3. The highest BCUT2D eigenvalue weighted by molar-refractivity contribution is 6.33. The van der Waals surface area contributed by atoms with Crippen LogP contribution >= 0.6 is 11.6 Å². The maximum Gasteiger partial charge on any atom is 0.249 e. The van der Waals surface area contributed by atoms with Gasteiger partial charge in [0.2, 0.25) is 5.92 Å². The number of benzene rings is 1. The molecule has 0 unspecified atom stereocenters. The van der Waals surface area contributed by atoms with Crippen LogP contribution in [0.2, 0.25) is 5.02 Å². The van der Waals surface area contributed by atoms with Crippen molar-refractivity contribution in [3.63, 3.8) is 0 Å². The molecule has 200 valence electrons. The highest BCUT2D eigenvalue weighted by atomic mass is 35.5. The minimum Gasteiger partial charge on any atom is -0.512 e. The average molecular weight is 536 g/mol. The Morgan fingerprint density at radius 3 is 2.51 bits per heavy atom. The molecule has 0 radical (unpaired) electrons. The molecule has 0 amide bonds. The zero-order chi connectivity index (χ0) is 27.1. The standard InChI is InChI=1S/C26H32ClF2N5O3/c1-14-22(21(15(2)30)16(3)35)32-23(33-24(14)34-12-25(13-34)10-26(28,29)11-25)19-7-18(5-6-20(19)27)37-9-17(36)8-31-4/h5-7,17,30-31,35-36H,8-13H2,1-4H3/b21-16+,30-15?/t17-/m1/s1. The van der Waals surface area contributed by atoms with E-state index in [1.54, 1.807) is 39.1 Å². The summed E-state index contributed by atoms with van der Waals surface area (Å²) in [6.45, 7) is 6.17. The van der Waals surface area contributed by atoms with Gasteiger partial charge in [0, 0.05) is 54.7 Å². The fourth-order valence-corrected chi connectivity index (χ4v) is 5.43. The number of aliphatic hydroxyl groups is 2. The number of rotatable bonds is 9. The molecule has 1 aromatic carbocycles. The molecule has 1 aliphatic carbocycles. The predicted octanol–water partition coefficient (Wildman–Crippen LogP) is 4.63. The molecule has 1 atom stereocenters. The lowest BCUT2D eigenvalue weighted by molar-refractivity contribution is -0.170. The molecule has 2 fully saturated rings. The molecule has 37 heavy (non-hydrogen) atoms. The van der Waals surface area contributed by atoms with Crippen LogP contribution in [0.15, 0.2) is 24.0 Å². The van der Waals surface area contributed by atoms with E-state index in [9.17, 15) is 19.0 Å². The van der Waals surface area contributed by atoms with Crippen LogP contribution in [0.25, 0.3) is 17.0 Å². The third-order valence-corrected chi connectivity index (χ3v) is 7.10. The first-order valence-electron chi connectivity index (χ1n) is 12.1. The monoisotopic (exact) mass is 535 g/mol. The summed E-state index contributed by atoms with van der Waals surface area (Å²) in [5.41, 5.74) is 1.46. The van der Waals surface area contributed by atoms with Crippen LogP contribution < -0.4 is 15.0 Å². The van der Waals surface area contributed by atoms with Gasteiger partial charge in [-0.1, -0.05) is 11.6 Å². The number of likely N-dealkylation sites (N-methyl/N-ethyl adjacent to an activating group) is 1. The first-order chi connectivity index (χ1) is 17.3. The maximum atomic E-state index is 13.6. The van der Waals surface area contributed by atoms with Crippen molar-refractivity contribution >= 4 is 28.7 Å². The van der Waals surface area contributed by atoms with Crippen molar-refractivity contribution in [3.05, 3.63) is 40.2 Å². The van der Waals surface area contributed by atoms with Crippen LogP contribution in [-0.4, -0.2) is 71.2 Å². The molecule has 4 rings (SSSR count). The van der Waals surface area contributed by atoms with Crippen LogP contribution in [0.4, 0.5) is 14.6 Å². The summed E-state index contributed by atoms with van der Waals surface area (Å²) in [5.74, 6) is -1.42. The Labute approximate surface area is 219 Å². The Balaban J connectivity index is 1.74. The molecule has 1 saturated carbocycles. The summed E-state index contributed by atoms with van der Waals surface area (Å²) in [6, 6.07) is 4.99. The Hall–Kier alpha value is -2.82. The fraction of sp³-hybridized carbons (Fsp3) is 0.500. The van der Waals surface area contributed by atoms with E-state index >= 15 is 0 Å². The minimum absolute atomic E-state index is 0.0633. The normalized spacial score (nSPS) is 19.1. The number of nitrogens with one attached hydrogen (secondary N) is 2. The predicted molar refractivity (Wildman–Crippen MR) is 140 cm³/mol. The molecule has 0 bridgehead atoms. The largest absolute Gasteiger partial charge is 0.512 e. The summed E-state index contributed by atoms with van der Waals surface area (Å²) in [5, 5.41) is 31.8. The summed E-state index contributed by atoms with van der Waals surface area (Å²) in [7, 11) is 1.73. The van der Waals surface area contributed by atoms with Gasteiger partial charge in [0.15, 0.2) is 5.82 Å². The number of alkyl halides is 2. The van der Waals surface area contributed by atoms with Crippen molar-refractivity contribution in [3.8, 4) is 17.1 Å². The smallest absolute Gasteiger partial charge is 0.249 e. The summed E-state index contributed by atoms with van der Waals surface area (Å²) < 4.78 is 32.9. The van der Waals surface area contributed by atoms with Crippen LogP contribution in [-0.2, 0) is 0 Å². The van der Waals surface area contributed by atoms with Crippen LogP contribution in [0.1, 0.15) is 37.9 Å². The Morgan fingerprint density at radius 2 is 1.95 bits per heavy atom. The van der Waals surface area contributed by atoms with Crippen molar-refractivity contribution in [2.75, 3.05) is 38.2 Å². The van der Waals surface area contributed by atoms with E-state index in [0.29, 0.717) is 53.0 Å². The summed E-state index contributed by atoms with van der Waals surface area (Å²) in [4.78, 5) is 11.4. The quantitative estimate of drug-likeness (QED) is 0.273. The molecule has 2 aromatic rings. The van der Waals surface area contributed by atoms with E-state index in [1.807, 2.05) is 4.90 Å². The number of ether oxygens (including phenoxy) is 1. The number of anilines is 1. The van der Waals surface area contributed by atoms with Gasteiger partial charge >= 0.3 is 0 Å². The van der Waals surface area contributed by atoms with Gasteiger partial charge in [-0.3, -0.25) is 0 Å². The second-order valence-corrected chi connectivity index (χ2v) is 10.6. The van der Waals surface area contributed by atoms with Crippen molar-refractivity contribution < 1.29 is 23.7 Å². The lowest BCUT2D eigenvalue weighted by Crippen LogP contribution is -2.66. The number of halogens is 3. The molecule has 1 aromatic heterocycles. The second kappa shape index (κ2) is 10.2. The number of aliphatic hydroxyl groups excluding tert-OH is 2. The molecule has 1 saturated heterocycles. The van der Waals surface area contributed by atoms with Gasteiger partial charge in [0.05, 0.1) is 16.3 Å². The van der Waals surface area contributed by atoms with Crippen molar-refractivity contribution in [1.29, 1.82) is 5.41 Å². The van der Waals surface area contributed by atoms with Crippen molar-refractivity contribution in [2.24, 2.45) is 5.41 Å². The average Bonchev–Trinajstić information content (AvgIpc) is 2.76. The summed E-state index contributed by atoms with van der Waals surface area (Å²) in [6.07, 6.45) is -0.969. The Bertz CT molecular complexity index is 1230. The molecule has 4 N–H and O–H groups in total. The van der Waals surface area contributed by atoms with Gasteiger partial charge in [-0.15, -0.1) is 0 Å². The lowest BCUT2D eigenvalue weighted by atomic mass is 9.61. The highest BCUT2D eigenvalue weighted by Gasteiger charge is 2.62. The Kier molecular flexibility index (Phi) is 7.47. The molecule has 11 heteroatoms. The van der Waals surface area contributed by atoms with E-state index in [-0.39, 0.29) is 42.3 Å². The number of allylic oxidation sites excluding steroid dienone is 2. The molecule has 1 aliphatic heterocycles. The molecule has 2 heterocycles. The molecule has 8 nitrogen and oxygen atoms in total. The van der Waals surface area contributed by atoms with Crippen molar-refractivity contribution in [2.45, 2.75) is 45.6 Å². The summed E-state index contributed by atoms with van der Waals surface area (Å²) >= 11 is 6.53. The zero-order valence-corrected chi connectivity index (χ0v) is 22.1. The first kappa shape index (κ1) is 27.2. The van der Waals surface area contributed by atoms with Gasteiger partial charge in [0.1, 0.15) is 30.0 Å². The fourth-order valence-electron chi connectivity index (χ4n) is 5.23. The van der Waals surface area contributed by atoms with Gasteiger partial charge < -0.3 is 30.6 Å². The van der Waals surface area contributed by atoms with Gasteiger partial charge in [0.25, 0.3) is 0 Å². The molecule has 1 spiro atoms. The van der Waals surface area contributed by atoms with Gasteiger partial charge in [-0.05, 0) is 46.0 Å². The van der Waals surface area contributed by atoms with E-state index in [1.165, 1.54) is 6.92 Å². The van der Waals surface area contributed by atoms with Gasteiger partial charge in [-0.2, -0.15) is 0 Å². The number of hydrogen-bond donors (Lipinski definition) is 4. The number of aromatic nitrogens is 2. The first-order valence-corrected chi connectivity index (χ1v) is 12.4. The third-order valence-electron chi connectivity index (χ3n) is 6.77. The second-order valence-electron chi connectivity index (χ2n) is 10.2. The number of hydrogen-bond acceptors (Lipinski definition) is 8.